The van der Waals surface area contributed by atoms with Crippen LogP contribution in [0, 0.1) is 11.6 Å². The van der Waals surface area contributed by atoms with Gasteiger partial charge in [0.2, 0.25) is 11.7 Å². The Morgan fingerprint density at radius 3 is 2.42 bits per heavy atom. The highest BCUT2D eigenvalue weighted by atomic mass is 79.9. The summed E-state index contributed by atoms with van der Waals surface area (Å²) in [6.07, 6.45) is 0. The summed E-state index contributed by atoms with van der Waals surface area (Å²) in [5, 5.41) is 0.0889. The standard InChI is InChI=1S/C11H3BrCl3F2NO/c12-4-1-7(16)9(17)8(2-4)19-11-6(14)3-5(13)10(15)18-11/h1-3H. The molecule has 2 aromatic rings. The third-order valence-corrected chi connectivity index (χ3v) is 3.42. The van der Waals surface area contributed by atoms with Crippen LogP contribution in [0.15, 0.2) is 22.7 Å². The Hall–Kier alpha value is -0.620. The van der Waals surface area contributed by atoms with Crippen LogP contribution in [0.25, 0.3) is 0 Å². The highest BCUT2D eigenvalue weighted by molar-refractivity contribution is 9.10. The van der Waals surface area contributed by atoms with Crippen molar-refractivity contribution >= 4 is 50.7 Å². The summed E-state index contributed by atoms with van der Waals surface area (Å²) < 4.78 is 32.1. The largest absolute Gasteiger partial charge is 0.434 e. The molecule has 0 bridgehead atoms. The zero-order valence-electron chi connectivity index (χ0n) is 8.86. The van der Waals surface area contributed by atoms with Gasteiger partial charge in [0.05, 0.1) is 5.02 Å². The van der Waals surface area contributed by atoms with Crippen LogP contribution in [0.5, 0.6) is 11.6 Å². The highest BCUT2D eigenvalue weighted by Crippen LogP contribution is 2.35. The van der Waals surface area contributed by atoms with Gasteiger partial charge >= 0.3 is 0 Å². The fourth-order valence-corrected chi connectivity index (χ4v) is 2.15. The Labute approximate surface area is 130 Å². The fourth-order valence-electron chi connectivity index (χ4n) is 1.21. The molecule has 0 aliphatic heterocycles. The van der Waals surface area contributed by atoms with Gasteiger partial charge in [-0.1, -0.05) is 50.7 Å². The number of rotatable bonds is 2. The van der Waals surface area contributed by atoms with Crippen LogP contribution >= 0.6 is 50.7 Å². The second kappa shape index (κ2) is 5.79. The molecule has 0 saturated heterocycles. The van der Waals surface area contributed by atoms with Crippen LogP contribution in [0.4, 0.5) is 8.78 Å². The molecule has 0 amide bonds. The van der Waals surface area contributed by atoms with E-state index in [1.54, 1.807) is 0 Å². The minimum Gasteiger partial charge on any atom is -0.434 e. The lowest BCUT2D eigenvalue weighted by atomic mass is 10.3. The molecule has 2 rings (SSSR count). The summed E-state index contributed by atoms with van der Waals surface area (Å²) in [6.45, 7) is 0. The second-order valence-electron chi connectivity index (χ2n) is 3.35. The second-order valence-corrected chi connectivity index (χ2v) is 5.44. The van der Waals surface area contributed by atoms with Crippen LogP contribution in [-0.2, 0) is 0 Å². The van der Waals surface area contributed by atoms with Gasteiger partial charge in [0.25, 0.3) is 0 Å². The molecule has 0 aliphatic rings. The molecule has 0 unspecified atom stereocenters. The molecule has 2 nitrogen and oxygen atoms in total. The van der Waals surface area contributed by atoms with Crippen LogP contribution in [0.2, 0.25) is 15.2 Å². The van der Waals surface area contributed by atoms with E-state index in [9.17, 15) is 8.78 Å². The molecule has 1 heterocycles. The van der Waals surface area contributed by atoms with Crippen molar-refractivity contribution in [2.75, 3.05) is 0 Å². The van der Waals surface area contributed by atoms with Crippen molar-refractivity contribution in [2.45, 2.75) is 0 Å². The van der Waals surface area contributed by atoms with E-state index in [-0.39, 0.29) is 26.8 Å². The van der Waals surface area contributed by atoms with Crippen molar-refractivity contribution < 1.29 is 13.5 Å². The van der Waals surface area contributed by atoms with Gasteiger partial charge < -0.3 is 4.74 Å². The SMILES string of the molecule is Fc1cc(Br)cc(Oc2nc(Cl)c(Cl)cc2Cl)c1F. The van der Waals surface area contributed by atoms with E-state index in [0.29, 0.717) is 4.47 Å². The zero-order valence-corrected chi connectivity index (χ0v) is 12.7. The first kappa shape index (κ1) is 14.8. The molecule has 8 heteroatoms. The molecule has 0 fully saturated rings. The van der Waals surface area contributed by atoms with Crippen molar-refractivity contribution in [3.8, 4) is 11.6 Å². The molecule has 0 N–H and O–H groups in total. The van der Waals surface area contributed by atoms with Gasteiger partial charge in [0.1, 0.15) is 5.02 Å². The Bertz CT molecular complexity index is 654. The molecule has 19 heavy (non-hydrogen) atoms. The number of pyridine rings is 1. The van der Waals surface area contributed by atoms with Gasteiger partial charge in [0, 0.05) is 4.47 Å². The molecule has 1 aromatic carbocycles. The Morgan fingerprint density at radius 2 is 1.74 bits per heavy atom. The molecular weight excluding hydrogens is 386 g/mol. The summed E-state index contributed by atoms with van der Waals surface area (Å²) in [7, 11) is 0. The quantitative estimate of drug-likeness (QED) is 0.473. The summed E-state index contributed by atoms with van der Waals surface area (Å²) in [4.78, 5) is 3.74. The molecule has 0 spiro atoms. The molecule has 1 aromatic heterocycles. The monoisotopic (exact) mass is 387 g/mol. The van der Waals surface area contributed by atoms with Crippen LogP contribution in [0.1, 0.15) is 0 Å². The van der Waals surface area contributed by atoms with E-state index < -0.39 is 11.6 Å². The number of nitrogens with zero attached hydrogens (tertiary/aromatic N) is 1. The number of benzene rings is 1. The van der Waals surface area contributed by atoms with E-state index in [0.717, 1.165) is 6.07 Å². The lowest BCUT2D eigenvalue weighted by Gasteiger charge is -2.09. The van der Waals surface area contributed by atoms with Crippen LogP contribution < -0.4 is 4.74 Å². The summed E-state index contributed by atoms with van der Waals surface area (Å²) in [5.41, 5.74) is 0. The van der Waals surface area contributed by atoms with Crippen molar-refractivity contribution in [2.24, 2.45) is 0 Å². The fraction of sp³-hybridized carbons (Fsp3) is 0. The number of hydrogen-bond donors (Lipinski definition) is 0. The Balaban J connectivity index is 2.44. The van der Waals surface area contributed by atoms with Crippen molar-refractivity contribution in [1.82, 2.24) is 4.98 Å². The number of ether oxygens (including phenoxy) is 1. The van der Waals surface area contributed by atoms with Crippen molar-refractivity contribution in [1.29, 1.82) is 0 Å². The summed E-state index contributed by atoms with van der Waals surface area (Å²) in [5.74, 6) is -2.78. The number of aromatic nitrogens is 1. The molecule has 0 radical (unpaired) electrons. The normalized spacial score (nSPS) is 10.6. The maximum absolute atomic E-state index is 13.5. The maximum Gasteiger partial charge on any atom is 0.239 e. The summed E-state index contributed by atoms with van der Waals surface area (Å²) in [6, 6.07) is 3.49. The van der Waals surface area contributed by atoms with Gasteiger partial charge in [-0.15, -0.1) is 0 Å². The first-order valence-electron chi connectivity index (χ1n) is 4.72. The molecule has 0 atom stereocenters. The van der Waals surface area contributed by atoms with Crippen LogP contribution in [-0.4, -0.2) is 4.98 Å². The minimum absolute atomic E-state index is 0.0224. The maximum atomic E-state index is 13.5. The number of hydrogen-bond acceptors (Lipinski definition) is 2. The summed E-state index contributed by atoms with van der Waals surface area (Å²) >= 11 is 20.2. The van der Waals surface area contributed by atoms with Crippen LogP contribution in [0.3, 0.4) is 0 Å². The van der Waals surface area contributed by atoms with Gasteiger partial charge in [-0.2, -0.15) is 9.37 Å². The van der Waals surface area contributed by atoms with Crippen molar-refractivity contribution in [3.63, 3.8) is 0 Å². The predicted molar refractivity (Wildman–Crippen MR) is 73.4 cm³/mol. The Kier molecular flexibility index (Phi) is 4.50. The average molecular weight is 389 g/mol. The average Bonchev–Trinajstić information content (AvgIpc) is 2.32. The first-order chi connectivity index (χ1) is 8.88. The first-order valence-corrected chi connectivity index (χ1v) is 6.65. The highest BCUT2D eigenvalue weighted by Gasteiger charge is 2.16. The zero-order chi connectivity index (χ0) is 14.2. The Morgan fingerprint density at radius 1 is 1.05 bits per heavy atom. The topological polar surface area (TPSA) is 22.1 Å². The molecular formula is C11H3BrCl3F2NO. The van der Waals surface area contributed by atoms with Gasteiger partial charge in [-0.3, -0.25) is 0 Å². The molecule has 0 saturated carbocycles. The van der Waals surface area contributed by atoms with E-state index in [1.807, 2.05) is 0 Å². The van der Waals surface area contributed by atoms with E-state index in [4.69, 9.17) is 39.5 Å². The van der Waals surface area contributed by atoms with Crippen molar-refractivity contribution in [3.05, 3.63) is 49.5 Å². The van der Waals surface area contributed by atoms with E-state index in [2.05, 4.69) is 20.9 Å². The van der Waals surface area contributed by atoms with E-state index in [1.165, 1.54) is 12.1 Å². The number of halogens is 6. The predicted octanol–water partition coefficient (Wildman–Crippen LogP) is 5.87. The third kappa shape index (κ3) is 3.28. The van der Waals surface area contributed by atoms with E-state index >= 15 is 0 Å². The van der Waals surface area contributed by atoms with Gasteiger partial charge in [-0.05, 0) is 18.2 Å². The smallest absolute Gasteiger partial charge is 0.239 e. The van der Waals surface area contributed by atoms with Gasteiger partial charge in [0.15, 0.2) is 16.7 Å². The minimum atomic E-state index is -1.16. The molecule has 100 valence electrons. The lowest BCUT2D eigenvalue weighted by molar-refractivity contribution is 0.405. The lowest BCUT2D eigenvalue weighted by Crippen LogP contribution is -1.95. The molecule has 0 aliphatic carbocycles. The third-order valence-electron chi connectivity index (χ3n) is 2.02. The van der Waals surface area contributed by atoms with Gasteiger partial charge in [-0.25, -0.2) is 4.39 Å².